The highest BCUT2D eigenvalue weighted by atomic mass is 19.1. The van der Waals surface area contributed by atoms with Crippen LogP contribution in [0.4, 0.5) is 10.1 Å². The van der Waals surface area contributed by atoms with Gasteiger partial charge in [-0.1, -0.05) is 12.1 Å². The van der Waals surface area contributed by atoms with Gasteiger partial charge in [-0.05, 0) is 20.8 Å². The van der Waals surface area contributed by atoms with Gasteiger partial charge in [0.15, 0.2) is 0 Å². The Kier molecular flexibility index (Phi) is 5.78. The molecule has 6 nitrogen and oxygen atoms in total. The van der Waals surface area contributed by atoms with Gasteiger partial charge >= 0.3 is 5.69 Å². The summed E-state index contributed by atoms with van der Waals surface area (Å²) in [6.07, 6.45) is 0.258. The molecule has 0 saturated heterocycles. The lowest BCUT2D eigenvalue weighted by Gasteiger charge is -2.20. The van der Waals surface area contributed by atoms with Crippen molar-refractivity contribution in [3.63, 3.8) is 0 Å². The fraction of sp³-hybridized carbons (Fsp3) is 0.500. The normalized spacial score (nSPS) is 11.2. The Bertz CT molecular complexity index is 527. The van der Waals surface area contributed by atoms with Crippen molar-refractivity contribution in [3.05, 3.63) is 39.7 Å². The third kappa shape index (κ3) is 5.86. The molecule has 1 rings (SSSR count). The Morgan fingerprint density at radius 2 is 2.05 bits per heavy atom. The van der Waals surface area contributed by atoms with Crippen LogP contribution in [0.2, 0.25) is 0 Å². The van der Waals surface area contributed by atoms with E-state index in [4.69, 9.17) is 0 Å². The first-order valence-electron chi connectivity index (χ1n) is 6.64. The van der Waals surface area contributed by atoms with Crippen molar-refractivity contribution in [1.82, 2.24) is 10.6 Å². The maximum absolute atomic E-state index is 13.8. The van der Waals surface area contributed by atoms with Crippen LogP contribution in [0.1, 0.15) is 32.8 Å². The zero-order valence-electron chi connectivity index (χ0n) is 12.4. The van der Waals surface area contributed by atoms with Crippen molar-refractivity contribution < 1.29 is 14.1 Å². The second-order valence-corrected chi connectivity index (χ2v) is 5.73. The Hall–Kier alpha value is -2.02. The molecule has 0 radical (unpaired) electrons. The molecule has 0 spiro atoms. The minimum Gasteiger partial charge on any atom is -0.351 e. The van der Waals surface area contributed by atoms with Crippen molar-refractivity contribution in [2.75, 3.05) is 6.54 Å². The molecule has 0 aliphatic carbocycles. The quantitative estimate of drug-likeness (QED) is 0.478. The van der Waals surface area contributed by atoms with Crippen LogP contribution in [-0.4, -0.2) is 22.9 Å². The van der Waals surface area contributed by atoms with E-state index >= 15 is 0 Å². The average Bonchev–Trinajstić information content (AvgIpc) is 2.33. The fourth-order valence-electron chi connectivity index (χ4n) is 1.75. The van der Waals surface area contributed by atoms with Gasteiger partial charge in [0, 0.05) is 36.7 Å². The summed E-state index contributed by atoms with van der Waals surface area (Å²) in [6, 6.07) is 4.03. The second-order valence-electron chi connectivity index (χ2n) is 5.73. The van der Waals surface area contributed by atoms with Crippen LogP contribution in [0.5, 0.6) is 0 Å². The summed E-state index contributed by atoms with van der Waals surface area (Å²) in [6.45, 7) is 6.16. The largest absolute Gasteiger partial charge is 0.351 e. The second kappa shape index (κ2) is 7.12. The molecule has 1 amide bonds. The summed E-state index contributed by atoms with van der Waals surface area (Å²) < 4.78 is 13.8. The van der Waals surface area contributed by atoms with E-state index in [2.05, 4.69) is 10.6 Å². The smallest absolute Gasteiger partial charge is 0.305 e. The predicted molar refractivity (Wildman–Crippen MR) is 77.3 cm³/mol. The van der Waals surface area contributed by atoms with Gasteiger partial charge in [-0.3, -0.25) is 14.9 Å². The van der Waals surface area contributed by atoms with Gasteiger partial charge in [0.25, 0.3) is 0 Å². The Balaban J connectivity index is 2.45. The van der Waals surface area contributed by atoms with Crippen LogP contribution >= 0.6 is 0 Å². The summed E-state index contributed by atoms with van der Waals surface area (Å²) in [7, 11) is 0. The molecule has 0 aliphatic heterocycles. The number of halogens is 1. The van der Waals surface area contributed by atoms with Crippen molar-refractivity contribution in [3.8, 4) is 0 Å². The van der Waals surface area contributed by atoms with Crippen LogP contribution in [0, 0.1) is 15.9 Å². The molecule has 21 heavy (non-hydrogen) atoms. The van der Waals surface area contributed by atoms with E-state index in [0.29, 0.717) is 6.54 Å². The number of nitrogens with one attached hydrogen (secondary N) is 2. The first-order valence-corrected chi connectivity index (χ1v) is 6.64. The summed E-state index contributed by atoms with van der Waals surface area (Å²) in [5, 5.41) is 16.3. The molecule has 2 N–H and O–H groups in total. The fourth-order valence-corrected chi connectivity index (χ4v) is 1.75. The molecule has 0 fully saturated rings. The minimum atomic E-state index is -0.839. The number of rotatable bonds is 6. The van der Waals surface area contributed by atoms with Gasteiger partial charge < -0.3 is 10.6 Å². The number of carbonyl (C=O) groups excluding carboxylic acids is 1. The zero-order chi connectivity index (χ0) is 16.0. The summed E-state index contributed by atoms with van der Waals surface area (Å²) in [5.74, 6) is -0.941. The van der Waals surface area contributed by atoms with E-state index in [0.717, 1.165) is 6.07 Å². The van der Waals surface area contributed by atoms with E-state index in [1.165, 1.54) is 12.1 Å². The van der Waals surface area contributed by atoms with Crippen LogP contribution in [0.15, 0.2) is 18.2 Å². The Labute approximate surface area is 122 Å². The van der Waals surface area contributed by atoms with Crippen molar-refractivity contribution in [2.24, 2.45) is 0 Å². The molecule has 7 heteroatoms. The standard InChI is InChI=1S/C14H20FN3O3/c1-14(2,3)17-12(19)7-8-16-9-10-5-4-6-11(13(10)15)18(20)21/h4-6,16H,7-9H2,1-3H3,(H,17,19). The number of benzene rings is 1. The number of carbonyl (C=O) groups is 1. The topological polar surface area (TPSA) is 84.3 Å². The average molecular weight is 297 g/mol. The van der Waals surface area contributed by atoms with Crippen molar-refractivity contribution in [1.29, 1.82) is 0 Å². The summed E-state index contributed by atoms with van der Waals surface area (Å²) in [4.78, 5) is 21.4. The monoisotopic (exact) mass is 297 g/mol. The lowest BCUT2D eigenvalue weighted by atomic mass is 10.1. The number of amides is 1. The van der Waals surface area contributed by atoms with Gasteiger partial charge in [-0.25, -0.2) is 0 Å². The summed E-state index contributed by atoms with van der Waals surface area (Å²) in [5.41, 5.74) is -0.622. The van der Waals surface area contributed by atoms with Crippen LogP contribution in [-0.2, 0) is 11.3 Å². The molecule has 0 atom stereocenters. The van der Waals surface area contributed by atoms with Gasteiger partial charge in [-0.15, -0.1) is 0 Å². The maximum atomic E-state index is 13.8. The number of nitro benzene ring substituents is 1. The molecule has 1 aromatic carbocycles. The number of hydrogen-bond acceptors (Lipinski definition) is 4. The van der Waals surface area contributed by atoms with Crippen LogP contribution in [0.3, 0.4) is 0 Å². The molecule has 0 unspecified atom stereocenters. The molecule has 0 aliphatic rings. The summed E-state index contributed by atoms with van der Waals surface area (Å²) >= 11 is 0. The number of hydrogen-bond donors (Lipinski definition) is 2. The molecule has 0 saturated carbocycles. The lowest BCUT2D eigenvalue weighted by Crippen LogP contribution is -2.41. The highest BCUT2D eigenvalue weighted by molar-refractivity contribution is 5.76. The number of nitro groups is 1. The SMILES string of the molecule is CC(C)(C)NC(=O)CCNCc1cccc([N+](=O)[O-])c1F. The van der Waals surface area contributed by atoms with E-state index in [1.807, 2.05) is 20.8 Å². The van der Waals surface area contributed by atoms with Gasteiger partial charge in [0.2, 0.25) is 11.7 Å². The third-order valence-corrected chi connectivity index (χ3v) is 2.61. The van der Waals surface area contributed by atoms with Crippen molar-refractivity contribution in [2.45, 2.75) is 39.3 Å². The molecule has 0 aromatic heterocycles. The first-order chi connectivity index (χ1) is 9.70. The Morgan fingerprint density at radius 1 is 1.38 bits per heavy atom. The molecular weight excluding hydrogens is 277 g/mol. The molecule has 116 valence electrons. The van der Waals surface area contributed by atoms with E-state index in [-0.39, 0.29) is 30.0 Å². The van der Waals surface area contributed by atoms with Gasteiger partial charge in [0.05, 0.1) is 4.92 Å². The van der Waals surface area contributed by atoms with Gasteiger partial charge in [-0.2, -0.15) is 4.39 Å². The number of nitrogens with zero attached hydrogens (tertiary/aromatic N) is 1. The first kappa shape index (κ1) is 17.0. The minimum absolute atomic E-state index is 0.102. The highest BCUT2D eigenvalue weighted by Gasteiger charge is 2.17. The van der Waals surface area contributed by atoms with E-state index < -0.39 is 16.4 Å². The zero-order valence-corrected chi connectivity index (χ0v) is 12.4. The lowest BCUT2D eigenvalue weighted by molar-refractivity contribution is -0.387. The molecule has 0 heterocycles. The molecule has 0 bridgehead atoms. The van der Waals surface area contributed by atoms with E-state index in [9.17, 15) is 19.3 Å². The highest BCUT2D eigenvalue weighted by Crippen LogP contribution is 2.19. The third-order valence-electron chi connectivity index (χ3n) is 2.61. The van der Waals surface area contributed by atoms with Crippen molar-refractivity contribution >= 4 is 11.6 Å². The Morgan fingerprint density at radius 3 is 2.62 bits per heavy atom. The molecule has 1 aromatic rings. The van der Waals surface area contributed by atoms with Gasteiger partial charge in [0.1, 0.15) is 0 Å². The predicted octanol–water partition coefficient (Wildman–Crippen LogP) is 2.13. The van der Waals surface area contributed by atoms with Crippen LogP contribution in [0.25, 0.3) is 0 Å². The van der Waals surface area contributed by atoms with E-state index in [1.54, 1.807) is 0 Å². The van der Waals surface area contributed by atoms with Crippen LogP contribution < -0.4 is 10.6 Å². The molecular formula is C14H20FN3O3. The maximum Gasteiger partial charge on any atom is 0.305 e.